The second-order valence-electron chi connectivity index (χ2n) is 9.07. The van der Waals surface area contributed by atoms with Crippen LogP contribution in [0.25, 0.3) is 0 Å². The Kier molecular flexibility index (Phi) is 6.29. The highest BCUT2D eigenvalue weighted by Gasteiger charge is 2.47. The molecule has 3 aromatic carbocycles. The quantitative estimate of drug-likeness (QED) is 0.588. The summed E-state index contributed by atoms with van der Waals surface area (Å²) < 4.78 is 6.39. The maximum atomic E-state index is 12.5. The fraction of sp³-hybridized carbons (Fsp3) is 0.357. The van der Waals surface area contributed by atoms with Crippen LogP contribution in [0.5, 0.6) is 0 Å². The molecule has 0 amide bonds. The van der Waals surface area contributed by atoms with Crippen molar-refractivity contribution in [2.24, 2.45) is 0 Å². The number of ether oxygens (including phenoxy) is 1. The smallest absolute Gasteiger partial charge is 0.132 e. The van der Waals surface area contributed by atoms with Crippen molar-refractivity contribution in [1.29, 1.82) is 0 Å². The van der Waals surface area contributed by atoms with Gasteiger partial charge in [-0.1, -0.05) is 89.0 Å². The fourth-order valence-electron chi connectivity index (χ4n) is 4.97. The predicted molar refractivity (Wildman–Crippen MR) is 126 cm³/mol. The van der Waals surface area contributed by atoms with Crippen molar-refractivity contribution in [1.82, 2.24) is 5.32 Å². The molecule has 0 spiro atoms. The minimum atomic E-state index is -1.19. The first-order valence-corrected chi connectivity index (χ1v) is 11.1. The van der Waals surface area contributed by atoms with Gasteiger partial charge in [0, 0.05) is 0 Å². The SMILES string of the molecule is Cc1cc(C)cc(C(O)(c2cc(C)cc(C)c2)[C@@H]2NCC[C@@H]2OCc2ccccc2)c1. The Labute approximate surface area is 186 Å². The number of hydrogen-bond donors (Lipinski definition) is 2. The van der Waals surface area contributed by atoms with Crippen molar-refractivity contribution in [3.8, 4) is 0 Å². The molecule has 3 heteroatoms. The van der Waals surface area contributed by atoms with Crippen molar-refractivity contribution in [3.63, 3.8) is 0 Å². The average molecular weight is 416 g/mol. The number of rotatable bonds is 6. The second-order valence-corrected chi connectivity index (χ2v) is 9.07. The molecule has 0 aliphatic carbocycles. The van der Waals surface area contributed by atoms with Crippen LogP contribution in [-0.2, 0) is 16.9 Å². The van der Waals surface area contributed by atoms with Gasteiger partial charge in [-0.3, -0.25) is 0 Å². The molecule has 0 unspecified atom stereocenters. The van der Waals surface area contributed by atoms with Crippen LogP contribution in [0.15, 0.2) is 66.7 Å². The molecule has 1 heterocycles. The third kappa shape index (κ3) is 4.59. The third-order valence-electron chi connectivity index (χ3n) is 6.25. The van der Waals surface area contributed by atoms with Crippen LogP contribution in [0.3, 0.4) is 0 Å². The Morgan fingerprint density at radius 1 is 0.839 bits per heavy atom. The van der Waals surface area contributed by atoms with Crippen LogP contribution < -0.4 is 5.32 Å². The number of hydrogen-bond acceptors (Lipinski definition) is 3. The van der Waals surface area contributed by atoms with E-state index in [2.05, 4.69) is 81.5 Å². The molecule has 1 aliphatic heterocycles. The van der Waals surface area contributed by atoms with E-state index in [1.165, 1.54) is 0 Å². The van der Waals surface area contributed by atoms with Gasteiger partial charge >= 0.3 is 0 Å². The van der Waals surface area contributed by atoms with E-state index in [0.29, 0.717) is 6.61 Å². The van der Waals surface area contributed by atoms with Crippen LogP contribution in [-0.4, -0.2) is 23.8 Å². The van der Waals surface area contributed by atoms with Crippen molar-refractivity contribution in [2.45, 2.75) is 58.5 Å². The van der Waals surface area contributed by atoms with Crippen molar-refractivity contribution in [3.05, 3.63) is 106 Å². The van der Waals surface area contributed by atoms with Gasteiger partial charge < -0.3 is 15.2 Å². The Bertz CT molecular complexity index is 952. The standard InChI is InChI=1S/C28H33NO2/c1-19-12-20(2)15-24(14-19)28(30,25-16-21(3)13-22(4)17-25)27-26(10-11-29-27)31-18-23-8-6-5-7-9-23/h5-9,12-17,26-27,29-30H,10-11,18H2,1-4H3/t26-,27+/m0/s1. The Morgan fingerprint density at radius 2 is 1.35 bits per heavy atom. The van der Waals surface area contributed by atoms with Gasteiger partial charge in [0.1, 0.15) is 5.60 Å². The summed E-state index contributed by atoms with van der Waals surface area (Å²) in [6.45, 7) is 9.71. The van der Waals surface area contributed by atoms with Gasteiger partial charge in [-0.2, -0.15) is 0 Å². The first kappa shape index (κ1) is 21.8. The maximum Gasteiger partial charge on any atom is 0.132 e. The molecule has 3 aromatic rings. The molecule has 0 radical (unpaired) electrons. The zero-order chi connectivity index (χ0) is 22.0. The second kappa shape index (κ2) is 8.96. The Hall–Kier alpha value is -2.46. The van der Waals surface area contributed by atoms with Gasteiger partial charge in [0.15, 0.2) is 0 Å². The molecule has 0 aromatic heterocycles. The van der Waals surface area contributed by atoms with Gasteiger partial charge in [0.2, 0.25) is 0 Å². The molecule has 1 aliphatic rings. The topological polar surface area (TPSA) is 41.5 Å². The number of aryl methyl sites for hydroxylation is 4. The molecule has 0 bridgehead atoms. The number of nitrogens with one attached hydrogen (secondary N) is 1. The first-order chi connectivity index (χ1) is 14.9. The summed E-state index contributed by atoms with van der Waals surface area (Å²) in [5.41, 5.74) is 6.40. The van der Waals surface area contributed by atoms with E-state index in [4.69, 9.17) is 4.74 Å². The van der Waals surface area contributed by atoms with Crippen LogP contribution in [0, 0.1) is 27.7 Å². The molecule has 3 nitrogen and oxygen atoms in total. The lowest BCUT2D eigenvalue weighted by atomic mass is 9.77. The van der Waals surface area contributed by atoms with E-state index < -0.39 is 5.60 Å². The van der Waals surface area contributed by atoms with Gasteiger partial charge in [0.25, 0.3) is 0 Å². The highest BCUT2D eigenvalue weighted by atomic mass is 16.5. The Balaban J connectivity index is 1.76. The molecule has 0 saturated carbocycles. The lowest BCUT2D eigenvalue weighted by Crippen LogP contribution is -2.52. The summed E-state index contributed by atoms with van der Waals surface area (Å²) in [7, 11) is 0. The van der Waals surface area contributed by atoms with E-state index in [-0.39, 0.29) is 12.1 Å². The van der Waals surface area contributed by atoms with E-state index in [9.17, 15) is 5.11 Å². The lowest BCUT2D eigenvalue weighted by molar-refractivity contribution is -0.0415. The van der Waals surface area contributed by atoms with Gasteiger partial charge in [-0.15, -0.1) is 0 Å². The summed E-state index contributed by atoms with van der Waals surface area (Å²) in [6, 6.07) is 22.7. The van der Waals surface area contributed by atoms with Crippen molar-refractivity contribution >= 4 is 0 Å². The summed E-state index contributed by atoms with van der Waals surface area (Å²) in [6.07, 6.45) is 0.780. The predicted octanol–water partition coefficient (Wildman–Crippen LogP) is 5.10. The molecule has 1 saturated heterocycles. The maximum absolute atomic E-state index is 12.5. The van der Waals surface area contributed by atoms with Crippen LogP contribution in [0.2, 0.25) is 0 Å². The Morgan fingerprint density at radius 3 is 1.87 bits per heavy atom. The first-order valence-electron chi connectivity index (χ1n) is 11.1. The fourth-order valence-corrected chi connectivity index (χ4v) is 4.97. The monoisotopic (exact) mass is 415 g/mol. The average Bonchev–Trinajstić information content (AvgIpc) is 3.20. The zero-order valence-corrected chi connectivity index (χ0v) is 19.0. The number of benzene rings is 3. The van der Waals surface area contributed by atoms with Crippen molar-refractivity contribution < 1.29 is 9.84 Å². The molecule has 162 valence electrons. The van der Waals surface area contributed by atoms with Crippen LogP contribution in [0.1, 0.15) is 45.4 Å². The minimum Gasteiger partial charge on any atom is -0.379 e. The van der Waals surface area contributed by atoms with Crippen LogP contribution in [0.4, 0.5) is 0 Å². The van der Waals surface area contributed by atoms with Gasteiger partial charge in [-0.25, -0.2) is 0 Å². The molecule has 2 atom stereocenters. The van der Waals surface area contributed by atoms with Gasteiger partial charge in [-0.05, 0) is 57.4 Å². The summed E-state index contributed by atoms with van der Waals surface area (Å²) in [5.74, 6) is 0. The molecule has 4 rings (SSSR count). The van der Waals surface area contributed by atoms with E-state index >= 15 is 0 Å². The highest BCUT2D eigenvalue weighted by Crippen LogP contribution is 2.39. The summed E-state index contributed by atoms with van der Waals surface area (Å²) in [5, 5.41) is 16.1. The van der Waals surface area contributed by atoms with Crippen LogP contribution >= 0.6 is 0 Å². The van der Waals surface area contributed by atoms with E-state index in [0.717, 1.165) is 51.9 Å². The largest absolute Gasteiger partial charge is 0.379 e. The summed E-state index contributed by atoms with van der Waals surface area (Å²) >= 11 is 0. The lowest BCUT2D eigenvalue weighted by Gasteiger charge is -2.39. The highest BCUT2D eigenvalue weighted by molar-refractivity contribution is 5.45. The molecule has 31 heavy (non-hydrogen) atoms. The van der Waals surface area contributed by atoms with Gasteiger partial charge in [0.05, 0.1) is 18.8 Å². The normalized spacial score (nSPS) is 19.0. The number of aliphatic hydroxyl groups is 1. The molecular weight excluding hydrogens is 382 g/mol. The zero-order valence-electron chi connectivity index (χ0n) is 19.0. The minimum absolute atomic E-state index is 0.0909. The third-order valence-corrected chi connectivity index (χ3v) is 6.25. The van der Waals surface area contributed by atoms with E-state index in [1.54, 1.807) is 0 Å². The van der Waals surface area contributed by atoms with Crippen molar-refractivity contribution in [2.75, 3.05) is 6.54 Å². The molecular formula is C28H33NO2. The molecule has 2 N–H and O–H groups in total. The molecule has 1 fully saturated rings. The summed E-state index contributed by atoms with van der Waals surface area (Å²) in [4.78, 5) is 0. The van der Waals surface area contributed by atoms with E-state index in [1.807, 2.05) is 18.2 Å².